The number of pyridine rings is 1. The van der Waals surface area contributed by atoms with Gasteiger partial charge in [-0.15, -0.1) is 11.3 Å². The third kappa shape index (κ3) is 7.11. The van der Waals surface area contributed by atoms with Crippen LogP contribution in [0.1, 0.15) is 0 Å². The zero-order valence-corrected chi connectivity index (χ0v) is 44.7. The molecule has 0 spiro atoms. The highest BCUT2D eigenvalue weighted by molar-refractivity contribution is 7.25. The average Bonchev–Trinajstić information content (AvgIpc) is 4.38. The molecule has 0 radical (unpaired) electrons. The van der Waals surface area contributed by atoms with Crippen molar-refractivity contribution in [3.8, 4) is 33.6 Å². The number of aromatic nitrogens is 3. The van der Waals surface area contributed by atoms with E-state index in [-0.39, 0.29) is 0 Å². The molecule has 0 aliphatic rings. The summed E-state index contributed by atoms with van der Waals surface area (Å²) in [6.07, 6.45) is 1.90. The van der Waals surface area contributed by atoms with E-state index < -0.39 is 0 Å². The summed E-state index contributed by atoms with van der Waals surface area (Å²) in [5.41, 5.74) is 13.2. The van der Waals surface area contributed by atoms with Crippen LogP contribution in [0.2, 0.25) is 0 Å². The van der Waals surface area contributed by atoms with Crippen molar-refractivity contribution in [2.24, 2.45) is 0 Å². The lowest BCUT2D eigenvalue weighted by Crippen LogP contribution is -1.95. The summed E-state index contributed by atoms with van der Waals surface area (Å²) in [7, 11) is 0. The highest BCUT2D eigenvalue weighted by Gasteiger charge is 2.18. The minimum absolute atomic E-state index is 1.05. The van der Waals surface area contributed by atoms with Crippen LogP contribution in [-0.4, -0.2) is 14.1 Å². The minimum Gasteiger partial charge on any atom is -0.309 e. The van der Waals surface area contributed by atoms with Gasteiger partial charge in [-0.2, -0.15) is 0 Å². The van der Waals surface area contributed by atoms with Crippen molar-refractivity contribution in [1.82, 2.24) is 14.1 Å². The van der Waals surface area contributed by atoms with Crippen molar-refractivity contribution in [2.45, 2.75) is 0 Å². The molecule has 18 aromatic rings. The van der Waals surface area contributed by atoms with Crippen LogP contribution >= 0.6 is 11.3 Å². The van der Waals surface area contributed by atoms with Crippen molar-refractivity contribution < 1.29 is 0 Å². The SMILES string of the molecule is c1cc(-c2ccc3c4ccccc4c4ccccc4c3c2)cc(-c2ccc3c4ccccc4c4cccnc4c3c2)c1.c1ccc2c(c1)sc1ccc(-n3c4ccccc4c4cc(-n5c6ccccc6c6ccccc65)ccc43)cc12. The van der Waals surface area contributed by atoms with E-state index in [9.17, 15) is 0 Å². The Morgan fingerprint density at radius 3 is 1.21 bits per heavy atom. The number of thiophene rings is 1. The van der Waals surface area contributed by atoms with E-state index in [1.54, 1.807) is 0 Å². The Kier molecular flexibility index (Phi) is 10.2. The monoisotopic (exact) mass is 1050 g/mol. The second-order valence-electron chi connectivity index (χ2n) is 21.3. The first kappa shape index (κ1) is 45.6. The molecule has 0 aliphatic heterocycles. The Morgan fingerprint density at radius 2 is 0.617 bits per heavy atom. The van der Waals surface area contributed by atoms with Crippen LogP contribution in [0.4, 0.5) is 0 Å². The molecule has 3 nitrogen and oxygen atoms in total. The summed E-state index contributed by atoms with van der Waals surface area (Å²) < 4.78 is 7.49. The van der Waals surface area contributed by atoms with Gasteiger partial charge in [0, 0.05) is 70.1 Å². The fourth-order valence-corrected chi connectivity index (χ4v) is 14.4. The van der Waals surface area contributed by atoms with E-state index in [0.717, 1.165) is 5.52 Å². The zero-order chi connectivity index (χ0) is 53.1. The van der Waals surface area contributed by atoms with Gasteiger partial charge in [-0.3, -0.25) is 4.98 Å². The van der Waals surface area contributed by atoms with Crippen LogP contribution in [-0.2, 0) is 0 Å². The number of rotatable bonds is 4. The first-order valence-electron chi connectivity index (χ1n) is 27.8. The fourth-order valence-electron chi connectivity index (χ4n) is 13.3. The van der Waals surface area contributed by atoms with Gasteiger partial charge in [0.15, 0.2) is 0 Å². The van der Waals surface area contributed by atoms with Crippen molar-refractivity contribution >= 4 is 140 Å². The standard InChI is InChI=1S/C41H25N.C36H22N2S/c1-2-13-32-30(11-1)31-12-4-6-16-35(31)39-24-28(18-20-36(32)39)26-9-7-10-27(23-26)29-19-21-37-33-14-3-5-15-34(33)38-17-8-22-42-41(38)40(37)25-29;1-5-13-31-25(9-1)26-10-2-6-14-32(26)37(31)23-17-19-34-29(21-23)27-11-3-7-15-33(27)38(34)24-18-20-36-30(22-24)28-12-4-8-16-35(28)39-36/h1-25H;1-22H. The molecule has 0 aliphatic carbocycles. The molecule has 376 valence electrons. The molecule has 0 N–H and O–H groups in total. The topological polar surface area (TPSA) is 22.8 Å². The Morgan fingerprint density at radius 1 is 0.222 bits per heavy atom. The normalized spacial score (nSPS) is 12.0. The van der Waals surface area contributed by atoms with Crippen LogP contribution < -0.4 is 0 Å². The van der Waals surface area contributed by atoms with E-state index >= 15 is 0 Å². The maximum absolute atomic E-state index is 4.83. The van der Waals surface area contributed by atoms with Crippen LogP contribution in [0, 0.1) is 0 Å². The largest absolute Gasteiger partial charge is 0.309 e. The summed E-state index contributed by atoms with van der Waals surface area (Å²) in [5.74, 6) is 0. The van der Waals surface area contributed by atoms with E-state index in [4.69, 9.17) is 4.98 Å². The van der Waals surface area contributed by atoms with Gasteiger partial charge in [0.25, 0.3) is 0 Å². The molecule has 0 atom stereocenters. The van der Waals surface area contributed by atoms with Gasteiger partial charge in [-0.25, -0.2) is 0 Å². The molecule has 0 saturated carbocycles. The van der Waals surface area contributed by atoms with Crippen molar-refractivity contribution in [3.05, 3.63) is 285 Å². The molecule has 18 rings (SSSR count). The lowest BCUT2D eigenvalue weighted by molar-refractivity contribution is 1.17. The molecule has 4 heterocycles. The maximum atomic E-state index is 4.83. The highest BCUT2D eigenvalue weighted by Crippen LogP contribution is 2.42. The second kappa shape index (κ2) is 18.1. The Labute approximate surface area is 470 Å². The van der Waals surface area contributed by atoms with Crippen molar-refractivity contribution in [2.75, 3.05) is 0 Å². The van der Waals surface area contributed by atoms with Crippen LogP contribution in [0.25, 0.3) is 162 Å². The van der Waals surface area contributed by atoms with Crippen LogP contribution in [0.15, 0.2) is 285 Å². The average molecular weight is 1050 g/mol. The third-order valence-electron chi connectivity index (χ3n) is 17.0. The van der Waals surface area contributed by atoms with Crippen LogP contribution in [0.3, 0.4) is 0 Å². The summed E-state index contributed by atoms with van der Waals surface area (Å²) >= 11 is 1.86. The summed E-state index contributed by atoms with van der Waals surface area (Å²) in [4.78, 5) is 4.83. The lowest BCUT2D eigenvalue weighted by atomic mass is 9.91. The number of nitrogens with zero attached hydrogens (tertiary/aromatic N) is 3. The number of para-hydroxylation sites is 3. The predicted octanol–water partition coefficient (Wildman–Crippen LogP) is 21.6. The number of fused-ring (bicyclic) bond motifs is 21. The number of hydrogen-bond donors (Lipinski definition) is 0. The smallest absolute Gasteiger partial charge is 0.0786 e. The van der Waals surface area contributed by atoms with Gasteiger partial charge in [0.2, 0.25) is 0 Å². The summed E-state index contributed by atoms with van der Waals surface area (Å²) in [6.45, 7) is 0. The minimum atomic E-state index is 1.05. The van der Waals surface area contributed by atoms with Gasteiger partial charge in [-0.05, 0) is 156 Å². The van der Waals surface area contributed by atoms with Crippen molar-refractivity contribution in [1.29, 1.82) is 0 Å². The maximum Gasteiger partial charge on any atom is 0.0786 e. The third-order valence-corrected chi connectivity index (χ3v) is 18.1. The quantitative estimate of drug-likeness (QED) is 0.161. The van der Waals surface area contributed by atoms with E-state index in [2.05, 4.69) is 282 Å². The first-order chi connectivity index (χ1) is 40.2. The molecule has 81 heavy (non-hydrogen) atoms. The summed E-state index contributed by atoms with van der Waals surface area (Å²) in [6, 6.07) is 102. The molecular weight excluding hydrogens is 999 g/mol. The zero-order valence-electron chi connectivity index (χ0n) is 43.9. The van der Waals surface area contributed by atoms with Gasteiger partial charge in [0.1, 0.15) is 0 Å². The van der Waals surface area contributed by atoms with Crippen molar-refractivity contribution in [3.63, 3.8) is 0 Å². The number of benzene rings is 14. The Hall–Kier alpha value is -10.4. The van der Waals surface area contributed by atoms with E-state index in [0.29, 0.717) is 0 Å². The molecule has 0 unspecified atom stereocenters. The molecule has 4 aromatic heterocycles. The molecule has 0 fully saturated rings. The molecule has 0 bridgehead atoms. The van der Waals surface area contributed by atoms with Crippen LogP contribution in [0.5, 0.6) is 0 Å². The lowest BCUT2D eigenvalue weighted by Gasteiger charge is -2.13. The Bertz CT molecular complexity index is 5320. The molecular formula is C77H47N3S. The van der Waals surface area contributed by atoms with E-state index in [1.807, 2.05) is 23.6 Å². The molecule has 0 amide bonds. The van der Waals surface area contributed by atoms with Gasteiger partial charge in [-0.1, -0.05) is 194 Å². The second-order valence-corrected chi connectivity index (χ2v) is 22.4. The highest BCUT2D eigenvalue weighted by atomic mass is 32.1. The molecule has 4 heteroatoms. The van der Waals surface area contributed by atoms with Gasteiger partial charge in [0.05, 0.1) is 27.6 Å². The predicted molar refractivity (Wildman–Crippen MR) is 348 cm³/mol. The molecule has 0 saturated heterocycles. The van der Waals surface area contributed by atoms with Gasteiger partial charge < -0.3 is 9.13 Å². The Balaban J connectivity index is 0.000000129. The summed E-state index contributed by atoms with van der Waals surface area (Å²) in [5, 5.41) is 21.7. The molecule has 14 aromatic carbocycles. The van der Waals surface area contributed by atoms with Gasteiger partial charge >= 0.3 is 0 Å². The number of hydrogen-bond acceptors (Lipinski definition) is 2. The first-order valence-corrected chi connectivity index (χ1v) is 28.6. The van der Waals surface area contributed by atoms with E-state index in [1.165, 1.54) is 157 Å². The fraction of sp³-hybridized carbons (Fsp3) is 0.